The van der Waals surface area contributed by atoms with Gasteiger partial charge in [-0.1, -0.05) is 35.9 Å². The molecule has 1 aromatic carbocycles. The van der Waals surface area contributed by atoms with Crippen molar-refractivity contribution in [3.63, 3.8) is 0 Å². The lowest BCUT2D eigenvalue weighted by Crippen LogP contribution is -2.00. The number of halogens is 1. The molecule has 5 heteroatoms. The Bertz CT molecular complexity index is 474. The molecule has 0 spiro atoms. The summed E-state index contributed by atoms with van der Waals surface area (Å²) in [4.78, 5) is 21.3. The van der Waals surface area contributed by atoms with Crippen LogP contribution in [-0.4, -0.2) is 17.0 Å². The van der Waals surface area contributed by atoms with Crippen molar-refractivity contribution in [2.24, 2.45) is 0 Å². The molecule has 0 aliphatic rings. The lowest BCUT2D eigenvalue weighted by Gasteiger charge is -2.01. The molecule has 0 saturated heterocycles. The van der Waals surface area contributed by atoms with E-state index in [1.54, 1.807) is 24.3 Å². The fraction of sp³-hybridized carbons (Fsp3) is 0.0769. The lowest BCUT2D eigenvalue weighted by molar-refractivity contribution is -0.139. The molecule has 1 aromatic rings. The Morgan fingerprint density at radius 3 is 2.39 bits per heavy atom. The van der Waals surface area contributed by atoms with Crippen LogP contribution in [0.4, 0.5) is 0 Å². The normalized spacial score (nSPS) is 10.9. The highest BCUT2D eigenvalue weighted by Crippen LogP contribution is 2.10. The van der Waals surface area contributed by atoms with Gasteiger partial charge in [0, 0.05) is 17.2 Å². The van der Waals surface area contributed by atoms with Gasteiger partial charge in [-0.2, -0.15) is 0 Å². The lowest BCUT2D eigenvalue weighted by atomic mass is 10.2. The largest absolute Gasteiger partial charge is 0.478 e. The van der Waals surface area contributed by atoms with E-state index in [1.165, 1.54) is 12.2 Å². The number of carboxylic acids is 1. The molecule has 0 fully saturated rings. The molecule has 0 atom stereocenters. The van der Waals surface area contributed by atoms with Gasteiger partial charge < -0.3 is 9.84 Å². The van der Waals surface area contributed by atoms with Gasteiger partial charge in [-0.15, -0.1) is 0 Å². The Hall–Kier alpha value is -2.07. The average molecular weight is 267 g/mol. The second kappa shape index (κ2) is 7.29. The number of benzene rings is 1. The van der Waals surface area contributed by atoms with Crippen LogP contribution in [-0.2, 0) is 20.9 Å². The first-order valence-electron chi connectivity index (χ1n) is 5.07. The first-order valence-corrected chi connectivity index (χ1v) is 5.44. The number of aliphatic carboxylic acids is 1. The van der Waals surface area contributed by atoms with E-state index >= 15 is 0 Å². The summed E-state index contributed by atoms with van der Waals surface area (Å²) in [5, 5.41) is 8.92. The molecule has 0 heterocycles. The van der Waals surface area contributed by atoms with Crippen LogP contribution < -0.4 is 0 Å². The Morgan fingerprint density at radius 1 is 1.17 bits per heavy atom. The Labute approximate surface area is 109 Å². The minimum atomic E-state index is -1.07. The standard InChI is InChI=1S/C13H11ClO4/c14-11-7-5-10(6-8-11)9-18-13(17)4-2-1-3-12(15)16/h1-8H,9H2,(H,15,16)/b3-1+,4-2-. The van der Waals surface area contributed by atoms with Gasteiger partial charge in [0.05, 0.1) is 0 Å². The summed E-state index contributed by atoms with van der Waals surface area (Å²) in [5.74, 6) is -1.62. The van der Waals surface area contributed by atoms with Gasteiger partial charge in [0.25, 0.3) is 0 Å². The Morgan fingerprint density at radius 2 is 1.78 bits per heavy atom. The number of rotatable bonds is 5. The van der Waals surface area contributed by atoms with Crippen LogP contribution >= 0.6 is 11.6 Å². The zero-order chi connectivity index (χ0) is 13.4. The van der Waals surface area contributed by atoms with Crippen molar-refractivity contribution in [3.05, 3.63) is 59.2 Å². The van der Waals surface area contributed by atoms with Crippen LogP contribution in [0.25, 0.3) is 0 Å². The minimum absolute atomic E-state index is 0.142. The van der Waals surface area contributed by atoms with Crippen molar-refractivity contribution in [2.45, 2.75) is 6.61 Å². The predicted octanol–water partition coefficient (Wildman–Crippen LogP) is 2.58. The third kappa shape index (κ3) is 5.86. The van der Waals surface area contributed by atoms with Gasteiger partial charge in [-0.05, 0) is 17.7 Å². The summed E-state index contributed by atoms with van der Waals surface area (Å²) in [6.45, 7) is 0.142. The number of esters is 1. The first kappa shape index (κ1) is 14.0. The first-order chi connectivity index (χ1) is 8.58. The van der Waals surface area contributed by atoms with Crippen LogP contribution in [0, 0.1) is 0 Å². The average Bonchev–Trinajstić information content (AvgIpc) is 2.34. The van der Waals surface area contributed by atoms with Gasteiger partial charge in [0.2, 0.25) is 0 Å². The van der Waals surface area contributed by atoms with Crippen molar-refractivity contribution < 1.29 is 19.4 Å². The maximum absolute atomic E-state index is 11.2. The van der Waals surface area contributed by atoms with Crippen LogP contribution in [0.2, 0.25) is 5.02 Å². The number of carbonyl (C=O) groups excluding carboxylic acids is 1. The predicted molar refractivity (Wildman–Crippen MR) is 67.2 cm³/mol. The molecule has 94 valence electrons. The maximum atomic E-state index is 11.2. The molecule has 0 aromatic heterocycles. The van der Waals surface area contributed by atoms with Crippen molar-refractivity contribution in [1.29, 1.82) is 0 Å². The number of carbonyl (C=O) groups is 2. The van der Waals surface area contributed by atoms with Gasteiger partial charge in [0.15, 0.2) is 0 Å². The number of ether oxygens (including phenoxy) is 1. The highest BCUT2D eigenvalue weighted by molar-refractivity contribution is 6.30. The fourth-order valence-electron chi connectivity index (χ4n) is 1.06. The summed E-state index contributed by atoms with van der Waals surface area (Å²) >= 11 is 5.71. The van der Waals surface area contributed by atoms with E-state index in [2.05, 4.69) is 0 Å². The molecular weight excluding hydrogens is 256 g/mol. The smallest absolute Gasteiger partial charge is 0.331 e. The molecule has 0 amide bonds. The Balaban J connectivity index is 2.37. The molecule has 0 aliphatic carbocycles. The SMILES string of the molecule is O=C(O)/C=C/C=C\C(=O)OCc1ccc(Cl)cc1. The van der Waals surface area contributed by atoms with E-state index in [0.29, 0.717) is 5.02 Å². The van der Waals surface area contributed by atoms with E-state index in [1.807, 2.05) is 0 Å². The summed E-state index contributed by atoms with van der Waals surface area (Å²) < 4.78 is 4.92. The molecule has 4 nitrogen and oxygen atoms in total. The second-order valence-electron chi connectivity index (χ2n) is 3.29. The van der Waals surface area contributed by atoms with Crippen LogP contribution in [0.5, 0.6) is 0 Å². The van der Waals surface area contributed by atoms with Gasteiger partial charge in [-0.3, -0.25) is 0 Å². The van der Waals surface area contributed by atoms with Crippen molar-refractivity contribution in [2.75, 3.05) is 0 Å². The summed E-state index contributed by atoms with van der Waals surface area (Å²) in [7, 11) is 0. The molecule has 0 saturated carbocycles. The van der Waals surface area contributed by atoms with Crippen LogP contribution in [0.15, 0.2) is 48.6 Å². The van der Waals surface area contributed by atoms with Crippen molar-refractivity contribution in [1.82, 2.24) is 0 Å². The molecule has 0 bridgehead atoms. The summed E-state index contributed by atoms with van der Waals surface area (Å²) in [5.41, 5.74) is 0.822. The molecule has 1 rings (SSSR count). The molecular formula is C13H11ClO4. The molecule has 0 radical (unpaired) electrons. The molecule has 1 N–H and O–H groups in total. The maximum Gasteiger partial charge on any atom is 0.331 e. The van der Waals surface area contributed by atoms with Gasteiger partial charge >= 0.3 is 11.9 Å². The number of hydrogen-bond donors (Lipinski definition) is 1. The molecule has 18 heavy (non-hydrogen) atoms. The third-order valence-electron chi connectivity index (χ3n) is 1.88. The highest BCUT2D eigenvalue weighted by Gasteiger charge is 1.98. The van der Waals surface area contributed by atoms with Gasteiger partial charge in [0.1, 0.15) is 6.61 Å². The monoisotopic (exact) mass is 266 g/mol. The number of carboxylic acid groups (broad SMARTS) is 1. The highest BCUT2D eigenvalue weighted by atomic mass is 35.5. The topological polar surface area (TPSA) is 63.6 Å². The quantitative estimate of drug-likeness (QED) is 0.505. The second-order valence-corrected chi connectivity index (χ2v) is 3.73. The van der Waals surface area contributed by atoms with E-state index < -0.39 is 11.9 Å². The van der Waals surface area contributed by atoms with E-state index in [0.717, 1.165) is 17.7 Å². The van der Waals surface area contributed by atoms with E-state index in [9.17, 15) is 9.59 Å². The van der Waals surface area contributed by atoms with Crippen LogP contribution in [0.3, 0.4) is 0 Å². The molecule has 0 aliphatic heterocycles. The van der Waals surface area contributed by atoms with Crippen molar-refractivity contribution >= 4 is 23.5 Å². The van der Waals surface area contributed by atoms with E-state index in [-0.39, 0.29) is 6.61 Å². The zero-order valence-corrected chi connectivity index (χ0v) is 10.1. The van der Waals surface area contributed by atoms with Crippen LogP contribution in [0.1, 0.15) is 5.56 Å². The minimum Gasteiger partial charge on any atom is -0.478 e. The number of allylic oxidation sites excluding steroid dienone is 2. The summed E-state index contributed by atoms with van der Waals surface area (Å²) in [6.07, 6.45) is 4.61. The van der Waals surface area contributed by atoms with Gasteiger partial charge in [-0.25, -0.2) is 9.59 Å². The summed E-state index contributed by atoms with van der Waals surface area (Å²) in [6, 6.07) is 6.92. The third-order valence-corrected chi connectivity index (χ3v) is 2.13. The fourth-order valence-corrected chi connectivity index (χ4v) is 1.18. The Kier molecular flexibility index (Phi) is 5.67. The van der Waals surface area contributed by atoms with E-state index in [4.69, 9.17) is 21.4 Å². The molecule has 0 unspecified atom stereocenters. The van der Waals surface area contributed by atoms with Crippen molar-refractivity contribution in [3.8, 4) is 0 Å². The number of hydrogen-bond acceptors (Lipinski definition) is 3. The zero-order valence-electron chi connectivity index (χ0n) is 9.38.